The van der Waals surface area contributed by atoms with Crippen molar-refractivity contribution >= 4 is 17.5 Å². The fourth-order valence-electron chi connectivity index (χ4n) is 2.85. The van der Waals surface area contributed by atoms with Gasteiger partial charge in [0.05, 0.1) is 11.4 Å². The Hall–Kier alpha value is -1.92. The van der Waals surface area contributed by atoms with Crippen molar-refractivity contribution in [2.45, 2.75) is 19.8 Å². The molecular formula is C16H19ClN4O2. The lowest BCUT2D eigenvalue weighted by Gasteiger charge is -2.30. The van der Waals surface area contributed by atoms with Crippen LogP contribution in [0, 0.1) is 12.8 Å². The van der Waals surface area contributed by atoms with Crippen molar-refractivity contribution in [1.82, 2.24) is 19.9 Å². The van der Waals surface area contributed by atoms with Gasteiger partial charge in [-0.2, -0.15) is 0 Å². The fourth-order valence-corrected chi connectivity index (χ4v) is 3.03. The molecule has 1 saturated heterocycles. The molecule has 0 aliphatic carbocycles. The lowest BCUT2D eigenvalue weighted by Crippen LogP contribution is -2.39. The molecule has 0 bridgehead atoms. The van der Waals surface area contributed by atoms with Crippen molar-refractivity contribution in [2.75, 3.05) is 19.7 Å². The van der Waals surface area contributed by atoms with Gasteiger partial charge in [-0.1, -0.05) is 22.9 Å². The summed E-state index contributed by atoms with van der Waals surface area (Å²) < 4.78 is 1.62. The maximum Gasteiger partial charge on any atom is 0.276 e. The first-order valence-corrected chi connectivity index (χ1v) is 8.06. The van der Waals surface area contributed by atoms with Crippen LogP contribution in [0.3, 0.4) is 0 Å². The van der Waals surface area contributed by atoms with E-state index in [1.807, 2.05) is 19.1 Å². The number of likely N-dealkylation sites (tertiary alicyclic amines) is 1. The van der Waals surface area contributed by atoms with E-state index in [-0.39, 0.29) is 12.5 Å². The van der Waals surface area contributed by atoms with E-state index in [0.29, 0.717) is 35.4 Å². The number of aliphatic hydroxyl groups is 1. The van der Waals surface area contributed by atoms with Crippen LogP contribution < -0.4 is 0 Å². The van der Waals surface area contributed by atoms with Crippen LogP contribution in [0.1, 0.15) is 29.0 Å². The van der Waals surface area contributed by atoms with Crippen LogP contribution in [-0.2, 0) is 0 Å². The normalized spacial score (nSPS) is 15.9. The highest BCUT2D eigenvalue weighted by molar-refractivity contribution is 6.30. The third kappa shape index (κ3) is 3.23. The van der Waals surface area contributed by atoms with Crippen LogP contribution in [0.2, 0.25) is 5.02 Å². The molecular weight excluding hydrogens is 316 g/mol. The SMILES string of the molecule is Cc1c(C(=O)N2CCC(CO)CC2)nnn1-c1cccc(Cl)c1. The van der Waals surface area contributed by atoms with Crippen LogP contribution in [0.5, 0.6) is 0 Å². The minimum absolute atomic E-state index is 0.104. The second kappa shape index (κ2) is 6.68. The number of carbonyl (C=O) groups excluding carboxylic acids is 1. The summed E-state index contributed by atoms with van der Waals surface area (Å²) in [7, 11) is 0. The largest absolute Gasteiger partial charge is 0.396 e. The Kier molecular flexibility index (Phi) is 4.63. The molecule has 1 fully saturated rings. The summed E-state index contributed by atoms with van der Waals surface area (Å²) in [6.45, 7) is 3.31. The first kappa shape index (κ1) is 16.0. The Labute approximate surface area is 139 Å². The van der Waals surface area contributed by atoms with E-state index >= 15 is 0 Å². The summed E-state index contributed by atoms with van der Waals surface area (Å²) in [4.78, 5) is 14.4. The molecule has 1 N–H and O–H groups in total. The van der Waals surface area contributed by atoms with Gasteiger partial charge in [-0.05, 0) is 43.9 Å². The van der Waals surface area contributed by atoms with E-state index in [4.69, 9.17) is 11.6 Å². The molecule has 1 aromatic heterocycles. The smallest absolute Gasteiger partial charge is 0.276 e. The molecule has 23 heavy (non-hydrogen) atoms. The maximum atomic E-state index is 12.6. The second-order valence-electron chi connectivity index (χ2n) is 5.83. The Balaban J connectivity index is 1.80. The fraction of sp³-hybridized carbons (Fsp3) is 0.438. The minimum atomic E-state index is -0.104. The lowest BCUT2D eigenvalue weighted by molar-refractivity contribution is 0.0644. The summed E-state index contributed by atoms with van der Waals surface area (Å²) >= 11 is 6.01. The number of halogens is 1. The van der Waals surface area contributed by atoms with Crippen LogP contribution in [-0.4, -0.2) is 50.6 Å². The first-order chi connectivity index (χ1) is 11.1. The number of nitrogens with zero attached hydrogens (tertiary/aromatic N) is 4. The number of aliphatic hydroxyl groups excluding tert-OH is 1. The predicted molar refractivity (Wildman–Crippen MR) is 86.8 cm³/mol. The monoisotopic (exact) mass is 334 g/mol. The number of benzene rings is 1. The number of rotatable bonds is 3. The summed E-state index contributed by atoms with van der Waals surface area (Å²) in [5, 5.41) is 18.0. The molecule has 1 aliphatic heterocycles. The molecule has 3 rings (SSSR count). The summed E-state index contributed by atoms with van der Waals surface area (Å²) in [6.07, 6.45) is 1.65. The molecule has 2 heterocycles. The predicted octanol–water partition coefficient (Wildman–Crippen LogP) is 2.07. The highest BCUT2D eigenvalue weighted by Gasteiger charge is 2.27. The molecule has 7 heteroatoms. The number of aromatic nitrogens is 3. The Morgan fingerprint density at radius 3 is 2.78 bits per heavy atom. The second-order valence-corrected chi connectivity index (χ2v) is 6.27. The van der Waals surface area contributed by atoms with Gasteiger partial charge in [-0.3, -0.25) is 4.79 Å². The third-order valence-corrected chi connectivity index (χ3v) is 4.54. The van der Waals surface area contributed by atoms with Crippen molar-refractivity contribution in [2.24, 2.45) is 5.92 Å². The topological polar surface area (TPSA) is 71.2 Å². The molecule has 122 valence electrons. The molecule has 1 amide bonds. The Morgan fingerprint density at radius 2 is 2.13 bits per heavy atom. The number of carbonyl (C=O) groups is 1. The summed E-state index contributed by atoms with van der Waals surface area (Å²) in [5.74, 6) is 0.189. The van der Waals surface area contributed by atoms with Gasteiger partial charge in [0.25, 0.3) is 5.91 Å². The standard InChI is InChI=1S/C16H19ClN4O2/c1-11-15(16(23)20-7-5-12(10-22)6-8-20)18-19-21(11)14-4-2-3-13(17)9-14/h2-4,9,12,22H,5-8,10H2,1H3. The van der Waals surface area contributed by atoms with Gasteiger partial charge in [-0.25, -0.2) is 4.68 Å². The van der Waals surface area contributed by atoms with Crippen LogP contribution in [0.4, 0.5) is 0 Å². The molecule has 1 aromatic carbocycles. The number of amides is 1. The van der Waals surface area contributed by atoms with Crippen molar-refractivity contribution in [3.05, 3.63) is 40.7 Å². The van der Waals surface area contributed by atoms with Gasteiger partial charge in [0.15, 0.2) is 5.69 Å². The minimum Gasteiger partial charge on any atom is -0.396 e. The highest BCUT2D eigenvalue weighted by Crippen LogP contribution is 2.21. The molecule has 0 unspecified atom stereocenters. The zero-order valence-electron chi connectivity index (χ0n) is 12.9. The van der Waals surface area contributed by atoms with Gasteiger partial charge >= 0.3 is 0 Å². The Bertz CT molecular complexity index is 708. The lowest BCUT2D eigenvalue weighted by atomic mass is 9.97. The van der Waals surface area contributed by atoms with Gasteiger partial charge in [0.1, 0.15) is 0 Å². The summed E-state index contributed by atoms with van der Waals surface area (Å²) in [5.41, 5.74) is 1.84. The van der Waals surface area contributed by atoms with E-state index in [9.17, 15) is 9.90 Å². The molecule has 1 aliphatic rings. The molecule has 6 nitrogen and oxygen atoms in total. The summed E-state index contributed by atoms with van der Waals surface area (Å²) in [6, 6.07) is 7.27. The zero-order chi connectivity index (χ0) is 16.4. The van der Waals surface area contributed by atoms with Gasteiger partial charge < -0.3 is 10.0 Å². The molecule has 0 spiro atoms. The van der Waals surface area contributed by atoms with E-state index in [1.165, 1.54) is 0 Å². The first-order valence-electron chi connectivity index (χ1n) is 7.68. The average molecular weight is 335 g/mol. The van der Waals surface area contributed by atoms with Crippen LogP contribution in [0.25, 0.3) is 5.69 Å². The highest BCUT2D eigenvalue weighted by atomic mass is 35.5. The van der Waals surface area contributed by atoms with Crippen LogP contribution >= 0.6 is 11.6 Å². The average Bonchev–Trinajstić information content (AvgIpc) is 2.96. The van der Waals surface area contributed by atoms with E-state index in [1.54, 1.807) is 21.7 Å². The van der Waals surface area contributed by atoms with E-state index < -0.39 is 0 Å². The number of hydrogen-bond acceptors (Lipinski definition) is 4. The molecule has 0 atom stereocenters. The third-order valence-electron chi connectivity index (χ3n) is 4.31. The maximum absolute atomic E-state index is 12.6. The van der Waals surface area contributed by atoms with Crippen LogP contribution in [0.15, 0.2) is 24.3 Å². The van der Waals surface area contributed by atoms with Crippen molar-refractivity contribution in [3.8, 4) is 5.69 Å². The van der Waals surface area contributed by atoms with E-state index in [2.05, 4.69) is 10.3 Å². The van der Waals surface area contributed by atoms with E-state index in [0.717, 1.165) is 18.5 Å². The van der Waals surface area contributed by atoms with Crippen molar-refractivity contribution in [3.63, 3.8) is 0 Å². The zero-order valence-corrected chi connectivity index (χ0v) is 13.7. The van der Waals surface area contributed by atoms with Crippen molar-refractivity contribution < 1.29 is 9.90 Å². The number of piperidine rings is 1. The molecule has 2 aromatic rings. The molecule has 0 radical (unpaired) electrons. The quantitative estimate of drug-likeness (QED) is 0.932. The van der Waals surface area contributed by atoms with Gasteiger partial charge in [0.2, 0.25) is 0 Å². The Morgan fingerprint density at radius 1 is 1.39 bits per heavy atom. The van der Waals surface area contributed by atoms with Crippen molar-refractivity contribution in [1.29, 1.82) is 0 Å². The van der Waals surface area contributed by atoms with Gasteiger partial charge in [0, 0.05) is 24.7 Å². The number of hydrogen-bond donors (Lipinski definition) is 1. The van der Waals surface area contributed by atoms with Gasteiger partial charge in [-0.15, -0.1) is 5.10 Å². The molecule has 0 saturated carbocycles.